The number of fused-ring (bicyclic) bond motifs is 1. The Labute approximate surface area is 136 Å². The first-order chi connectivity index (χ1) is 11.2. The fraction of sp³-hybridized carbons (Fsp3) is 0.316. The topological polar surface area (TPSA) is 52.5 Å². The van der Waals surface area contributed by atoms with Crippen molar-refractivity contribution in [1.82, 2.24) is 9.38 Å². The molecule has 2 heterocycles. The van der Waals surface area contributed by atoms with Crippen molar-refractivity contribution < 1.29 is 4.74 Å². The number of nitrogens with two attached hydrogens (primary N) is 1. The number of benzene rings is 1. The summed E-state index contributed by atoms with van der Waals surface area (Å²) in [5, 5.41) is 0. The number of hydrogen-bond donors (Lipinski definition) is 1. The Morgan fingerprint density at radius 3 is 2.65 bits per heavy atom. The molecule has 2 aromatic heterocycles. The largest absolute Gasteiger partial charge is 0.494 e. The Morgan fingerprint density at radius 1 is 1.17 bits per heavy atom. The summed E-state index contributed by atoms with van der Waals surface area (Å²) in [6.07, 6.45) is 3.88. The lowest BCUT2D eigenvalue weighted by molar-refractivity contribution is 0.317. The predicted molar refractivity (Wildman–Crippen MR) is 93.9 cm³/mol. The van der Waals surface area contributed by atoms with Gasteiger partial charge in [0.15, 0.2) is 0 Å². The Kier molecular flexibility index (Phi) is 4.63. The van der Waals surface area contributed by atoms with Crippen molar-refractivity contribution in [3.8, 4) is 17.0 Å². The van der Waals surface area contributed by atoms with Crippen molar-refractivity contribution in [2.45, 2.75) is 26.7 Å². The van der Waals surface area contributed by atoms with Gasteiger partial charge in [0.2, 0.25) is 0 Å². The van der Waals surface area contributed by atoms with Gasteiger partial charge in [-0.15, -0.1) is 0 Å². The van der Waals surface area contributed by atoms with Gasteiger partial charge in [-0.2, -0.15) is 0 Å². The Bertz CT molecular complexity index is 790. The highest BCUT2D eigenvalue weighted by Crippen LogP contribution is 2.27. The van der Waals surface area contributed by atoms with Crippen LogP contribution in [0, 0.1) is 6.92 Å². The smallest absolute Gasteiger partial charge is 0.137 e. The minimum absolute atomic E-state index is 0.604. The zero-order chi connectivity index (χ0) is 16.2. The van der Waals surface area contributed by atoms with E-state index in [4.69, 9.17) is 15.5 Å². The highest BCUT2D eigenvalue weighted by Gasteiger charge is 2.13. The summed E-state index contributed by atoms with van der Waals surface area (Å²) in [4.78, 5) is 4.82. The van der Waals surface area contributed by atoms with Crippen LogP contribution in [0.3, 0.4) is 0 Å². The second-order valence-corrected chi connectivity index (χ2v) is 5.75. The lowest BCUT2D eigenvalue weighted by Gasteiger charge is -2.07. The van der Waals surface area contributed by atoms with Gasteiger partial charge in [-0.25, -0.2) is 4.98 Å². The molecule has 0 amide bonds. The highest BCUT2D eigenvalue weighted by atomic mass is 16.5. The summed E-state index contributed by atoms with van der Waals surface area (Å²) in [6.45, 7) is 5.53. The van der Waals surface area contributed by atoms with E-state index in [9.17, 15) is 0 Å². The standard InChI is InChI=1S/C19H23N3O/c1-3-12-23-16-6-4-15(5-7-16)19-17(8-10-20)22-11-9-14(2)13-18(22)21-19/h4-7,9,11,13H,3,8,10,12,20H2,1-2H3. The number of nitrogens with zero attached hydrogens (tertiary/aromatic N) is 2. The molecule has 4 heteroatoms. The van der Waals surface area contributed by atoms with Crippen LogP contribution in [0.25, 0.3) is 16.9 Å². The third-order valence-corrected chi connectivity index (χ3v) is 3.86. The van der Waals surface area contributed by atoms with Crippen LogP contribution >= 0.6 is 0 Å². The second-order valence-electron chi connectivity index (χ2n) is 5.75. The van der Waals surface area contributed by atoms with Crippen molar-refractivity contribution in [3.05, 3.63) is 53.9 Å². The van der Waals surface area contributed by atoms with Crippen molar-refractivity contribution in [1.29, 1.82) is 0 Å². The molecule has 0 saturated heterocycles. The van der Waals surface area contributed by atoms with E-state index in [1.165, 1.54) is 5.56 Å². The van der Waals surface area contributed by atoms with Crippen molar-refractivity contribution in [3.63, 3.8) is 0 Å². The van der Waals surface area contributed by atoms with Crippen LogP contribution in [-0.4, -0.2) is 22.5 Å². The Balaban J connectivity index is 2.02. The fourth-order valence-electron chi connectivity index (χ4n) is 2.73. The Hall–Kier alpha value is -2.33. The van der Waals surface area contributed by atoms with Gasteiger partial charge in [0, 0.05) is 18.2 Å². The maximum atomic E-state index is 5.81. The summed E-state index contributed by atoms with van der Waals surface area (Å²) >= 11 is 0. The van der Waals surface area contributed by atoms with Crippen LogP contribution in [0.4, 0.5) is 0 Å². The molecule has 0 bridgehead atoms. The van der Waals surface area contributed by atoms with Crippen LogP contribution in [0.1, 0.15) is 24.6 Å². The number of imidazole rings is 1. The van der Waals surface area contributed by atoms with Gasteiger partial charge in [-0.3, -0.25) is 0 Å². The van der Waals surface area contributed by atoms with E-state index < -0.39 is 0 Å². The van der Waals surface area contributed by atoms with Crippen LogP contribution in [-0.2, 0) is 6.42 Å². The molecular formula is C19H23N3O. The molecule has 23 heavy (non-hydrogen) atoms. The zero-order valence-corrected chi connectivity index (χ0v) is 13.7. The Morgan fingerprint density at radius 2 is 1.96 bits per heavy atom. The third kappa shape index (κ3) is 3.22. The minimum atomic E-state index is 0.604. The van der Waals surface area contributed by atoms with Gasteiger partial charge in [0.25, 0.3) is 0 Å². The van der Waals surface area contributed by atoms with Crippen molar-refractivity contribution in [2.24, 2.45) is 5.73 Å². The normalized spacial score (nSPS) is 11.1. The van der Waals surface area contributed by atoms with E-state index in [0.717, 1.165) is 47.8 Å². The zero-order valence-electron chi connectivity index (χ0n) is 13.7. The molecule has 0 spiro atoms. The van der Waals surface area contributed by atoms with Crippen LogP contribution in [0.5, 0.6) is 5.75 Å². The monoisotopic (exact) mass is 309 g/mol. The van der Waals surface area contributed by atoms with E-state index >= 15 is 0 Å². The lowest BCUT2D eigenvalue weighted by atomic mass is 10.1. The molecular weight excluding hydrogens is 286 g/mol. The molecule has 2 N–H and O–H groups in total. The van der Waals surface area contributed by atoms with Crippen LogP contribution in [0.2, 0.25) is 0 Å². The van der Waals surface area contributed by atoms with Gasteiger partial charge in [0.05, 0.1) is 18.0 Å². The average Bonchev–Trinajstić information content (AvgIpc) is 2.91. The minimum Gasteiger partial charge on any atom is -0.494 e. The van der Waals surface area contributed by atoms with Gasteiger partial charge in [0.1, 0.15) is 11.4 Å². The van der Waals surface area contributed by atoms with E-state index in [2.05, 4.69) is 48.7 Å². The molecule has 0 radical (unpaired) electrons. The molecule has 3 aromatic rings. The average molecular weight is 309 g/mol. The SMILES string of the molecule is CCCOc1ccc(-c2nc3cc(C)ccn3c2CCN)cc1. The first-order valence-electron chi connectivity index (χ1n) is 8.14. The highest BCUT2D eigenvalue weighted by molar-refractivity contribution is 5.67. The predicted octanol–water partition coefficient (Wildman–Crippen LogP) is 3.60. The molecule has 0 aliphatic carbocycles. The van der Waals surface area contributed by atoms with Crippen molar-refractivity contribution in [2.75, 3.05) is 13.2 Å². The van der Waals surface area contributed by atoms with Crippen LogP contribution in [0.15, 0.2) is 42.6 Å². The summed E-state index contributed by atoms with van der Waals surface area (Å²) in [5.74, 6) is 0.899. The van der Waals surface area contributed by atoms with Gasteiger partial charge in [-0.1, -0.05) is 6.92 Å². The first-order valence-corrected chi connectivity index (χ1v) is 8.14. The number of pyridine rings is 1. The number of ether oxygens (including phenoxy) is 1. The maximum absolute atomic E-state index is 5.81. The van der Waals surface area contributed by atoms with Crippen LogP contribution < -0.4 is 10.5 Å². The number of hydrogen-bond acceptors (Lipinski definition) is 3. The molecule has 1 aromatic carbocycles. The van der Waals surface area contributed by atoms with E-state index in [1.807, 2.05) is 12.1 Å². The summed E-state index contributed by atoms with van der Waals surface area (Å²) in [6, 6.07) is 12.3. The molecule has 0 aliphatic heterocycles. The van der Waals surface area contributed by atoms with Crippen molar-refractivity contribution >= 4 is 5.65 Å². The molecule has 4 nitrogen and oxygen atoms in total. The number of aryl methyl sites for hydroxylation is 1. The van der Waals surface area contributed by atoms with Gasteiger partial charge >= 0.3 is 0 Å². The molecule has 0 atom stereocenters. The van der Waals surface area contributed by atoms with Gasteiger partial charge < -0.3 is 14.9 Å². The summed E-state index contributed by atoms with van der Waals surface area (Å²) in [5.41, 5.74) is 11.2. The summed E-state index contributed by atoms with van der Waals surface area (Å²) in [7, 11) is 0. The molecule has 120 valence electrons. The molecule has 3 rings (SSSR count). The maximum Gasteiger partial charge on any atom is 0.137 e. The second kappa shape index (κ2) is 6.84. The van der Waals surface area contributed by atoms with E-state index in [0.29, 0.717) is 6.54 Å². The molecule has 0 unspecified atom stereocenters. The van der Waals surface area contributed by atoms with Gasteiger partial charge in [-0.05, 0) is 61.9 Å². The summed E-state index contributed by atoms with van der Waals surface area (Å²) < 4.78 is 7.79. The quantitative estimate of drug-likeness (QED) is 0.757. The molecule has 0 saturated carbocycles. The number of aromatic nitrogens is 2. The van der Waals surface area contributed by atoms with E-state index in [-0.39, 0.29) is 0 Å². The molecule has 0 aliphatic rings. The fourth-order valence-corrected chi connectivity index (χ4v) is 2.73. The first kappa shape index (κ1) is 15.6. The third-order valence-electron chi connectivity index (χ3n) is 3.86. The van der Waals surface area contributed by atoms with E-state index in [1.54, 1.807) is 0 Å². The number of rotatable bonds is 6. The molecule has 0 fully saturated rings. The lowest BCUT2D eigenvalue weighted by Crippen LogP contribution is -2.06.